The fourth-order valence-corrected chi connectivity index (χ4v) is 3.61. The van der Waals surface area contributed by atoms with E-state index in [9.17, 15) is 13.6 Å². The van der Waals surface area contributed by atoms with Crippen LogP contribution in [0.2, 0.25) is 0 Å². The molecule has 0 atom stereocenters. The lowest BCUT2D eigenvalue weighted by Gasteiger charge is -2.14. The van der Waals surface area contributed by atoms with Gasteiger partial charge in [0.15, 0.2) is 5.69 Å². The van der Waals surface area contributed by atoms with E-state index in [-0.39, 0.29) is 16.7 Å². The van der Waals surface area contributed by atoms with Crippen molar-refractivity contribution in [1.82, 2.24) is 4.98 Å². The van der Waals surface area contributed by atoms with Crippen molar-refractivity contribution in [3.05, 3.63) is 112 Å². The van der Waals surface area contributed by atoms with Gasteiger partial charge in [-0.15, -0.1) is 10.2 Å². The normalized spacial score (nSPS) is 10.9. The van der Waals surface area contributed by atoms with E-state index in [1.807, 2.05) is 30.3 Å². The maximum absolute atomic E-state index is 13.3. The van der Waals surface area contributed by atoms with Gasteiger partial charge in [0.1, 0.15) is 17.5 Å². The van der Waals surface area contributed by atoms with Gasteiger partial charge in [-0.3, -0.25) is 10.2 Å². The van der Waals surface area contributed by atoms with Gasteiger partial charge in [-0.25, -0.2) is 8.78 Å². The van der Waals surface area contributed by atoms with Gasteiger partial charge in [0.2, 0.25) is 5.17 Å². The summed E-state index contributed by atoms with van der Waals surface area (Å²) in [4.78, 5) is 15.4. The lowest BCUT2D eigenvalue weighted by Crippen LogP contribution is -2.11. The highest BCUT2D eigenvalue weighted by atomic mass is 32.2. The summed E-state index contributed by atoms with van der Waals surface area (Å²) in [6.45, 7) is 0. The number of aromatic nitrogens is 1. The number of pyridine rings is 1. The fraction of sp³-hybridized carbons (Fsp3) is 0.0400. The second-order valence-electron chi connectivity index (χ2n) is 7.32. The minimum Gasteiger partial charge on any atom is -0.352 e. The minimum atomic E-state index is -0.538. The number of nitrogens with zero attached hydrogens (tertiary/aromatic N) is 2. The molecule has 1 heterocycles. The molecular weight excluding hydrogens is 470 g/mol. The quantitative estimate of drug-likeness (QED) is 0.126. The fourth-order valence-electron chi connectivity index (χ4n) is 3.01. The van der Waals surface area contributed by atoms with Crippen LogP contribution in [-0.4, -0.2) is 10.2 Å². The summed E-state index contributed by atoms with van der Waals surface area (Å²) in [6.07, 6.45) is 0. The van der Waals surface area contributed by atoms with Crippen LogP contribution in [0.3, 0.4) is 0 Å². The average molecular weight is 491 g/mol. The van der Waals surface area contributed by atoms with Gasteiger partial charge in [-0.05, 0) is 60.2 Å². The molecule has 0 aliphatic carbocycles. The van der Waals surface area contributed by atoms with Crippen LogP contribution in [0.1, 0.15) is 5.56 Å². The lowest BCUT2D eigenvalue weighted by atomic mass is 10.2. The van der Waals surface area contributed by atoms with Gasteiger partial charge in [0.05, 0.1) is 5.69 Å². The van der Waals surface area contributed by atoms with Crippen LogP contribution in [-0.2, 0) is 5.75 Å². The SMILES string of the molecule is N=C(N=Nc1cc(Nc2ccc(F)cc2)c(Nc2ccc(F)cc2)[nH]c1=O)SCc1ccccc1. The molecule has 4 aromatic rings. The van der Waals surface area contributed by atoms with Crippen LogP contribution >= 0.6 is 11.8 Å². The monoisotopic (exact) mass is 490 g/mol. The third-order valence-electron chi connectivity index (χ3n) is 4.73. The summed E-state index contributed by atoms with van der Waals surface area (Å²) in [6, 6.07) is 22.4. The first kappa shape index (κ1) is 23.8. The first-order valence-corrected chi connectivity index (χ1v) is 11.4. The number of halogens is 2. The Balaban J connectivity index is 1.57. The summed E-state index contributed by atoms with van der Waals surface area (Å²) in [7, 11) is 0. The molecule has 35 heavy (non-hydrogen) atoms. The minimum absolute atomic E-state index is 0.0238. The van der Waals surface area contributed by atoms with Crippen molar-refractivity contribution in [2.24, 2.45) is 10.2 Å². The Hall–Kier alpha value is -4.31. The van der Waals surface area contributed by atoms with Crippen molar-refractivity contribution >= 4 is 45.5 Å². The number of nitrogens with one attached hydrogen (secondary N) is 4. The van der Waals surface area contributed by atoms with Crippen LogP contribution in [0.5, 0.6) is 0 Å². The molecule has 0 amide bonds. The number of H-pyrrole nitrogens is 1. The van der Waals surface area contributed by atoms with Gasteiger partial charge in [-0.1, -0.05) is 42.1 Å². The molecule has 7 nitrogen and oxygen atoms in total. The van der Waals surface area contributed by atoms with Crippen molar-refractivity contribution in [2.75, 3.05) is 10.6 Å². The summed E-state index contributed by atoms with van der Waals surface area (Å²) < 4.78 is 26.6. The molecule has 1 aromatic heterocycles. The Morgan fingerprint density at radius 2 is 1.49 bits per heavy atom. The Labute approximate surface area is 203 Å². The number of hydrogen-bond acceptors (Lipinski definition) is 6. The van der Waals surface area contributed by atoms with E-state index >= 15 is 0 Å². The molecule has 4 N–H and O–H groups in total. The highest BCUT2D eigenvalue weighted by Gasteiger charge is 2.11. The standard InChI is InChI=1S/C25H20F2N6OS/c26-17-6-10-19(11-7-17)29-21-14-22(32-33-25(28)35-15-16-4-2-1-3-5-16)24(34)31-23(21)30-20-12-8-18(27)9-13-20/h1-14,28-29H,15H2,(H2,30,31,34). The number of hydrogen-bond donors (Lipinski definition) is 4. The number of anilines is 4. The average Bonchev–Trinajstić information content (AvgIpc) is 2.87. The second kappa shape index (κ2) is 11.2. The lowest BCUT2D eigenvalue weighted by molar-refractivity contribution is 0.627. The van der Waals surface area contributed by atoms with E-state index in [1.54, 1.807) is 12.1 Å². The first-order valence-electron chi connectivity index (χ1n) is 10.5. The number of amidine groups is 1. The summed E-state index contributed by atoms with van der Waals surface area (Å²) in [5, 5.41) is 21.9. The third-order valence-corrected chi connectivity index (χ3v) is 5.56. The number of rotatable bonds is 7. The molecule has 0 saturated heterocycles. The van der Waals surface area contributed by atoms with Gasteiger partial charge >= 0.3 is 0 Å². The zero-order valence-corrected chi connectivity index (χ0v) is 19.1. The molecule has 0 spiro atoms. The van der Waals surface area contributed by atoms with Crippen molar-refractivity contribution in [1.29, 1.82) is 5.41 Å². The molecule has 0 aliphatic rings. The van der Waals surface area contributed by atoms with Crippen LogP contribution in [0.25, 0.3) is 0 Å². The topological polar surface area (TPSA) is 105 Å². The van der Waals surface area contributed by atoms with E-state index in [0.717, 1.165) is 5.56 Å². The summed E-state index contributed by atoms with van der Waals surface area (Å²) >= 11 is 1.19. The van der Waals surface area contributed by atoms with Gasteiger partial charge in [-0.2, -0.15) is 0 Å². The molecule has 0 fully saturated rings. The van der Waals surface area contributed by atoms with Gasteiger partial charge in [0.25, 0.3) is 5.56 Å². The van der Waals surface area contributed by atoms with E-state index in [2.05, 4.69) is 25.8 Å². The smallest absolute Gasteiger partial charge is 0.277 e. The maximum Gasteiger partial charge on any atom is 0.277 e. The van der Waals surface area contributed by atoms with E-state index in [0.29, 0.717) is 28.6 Å². The predicted molar refractivity (Wildman–Crippen MR) is 136 cm³/mol. The van der Waals surface area contributed by atoms with E-state index < -0.39 is 11.4 Å². The molecule has 0 radical (unpaired) electrons. The molecule has 0 saturated carbocycles. The largest absolute Gasteiger partial charge is 0.352 e. The maximum atomic E-state index is 13.3. The van der Waals surface area contributed by atoms with Crippen molar-refractivity contribution < 1.29 is 8.78 Å². The molecule has 3 aromatic carbocycles. The third kappa shape index (κ3) is 6.84. The molecule has 0 aliphatic heterocycles. The van der Waals surface area contributed by atoms with E-state index in [4.69, 9.17) is 5.41 Å². The Kier molecular flexibility index (Phi) is 7.63. The number of benzene rings is 3. The molecular formula is C25H20F2N6OS. The zero-order chi connectivity index (χ0) is 24.6. The highest BCUT2D eigenvalue weighted by Crippen LogP contribution is 2.29. The second-order valence-corrected chi connectivity index (χ2v) is 8.28. The van der Waals surface area contributed by atoms with E-state index in [1.165, 1.54) is 54.2 Å². The van der Waals surface area contributed by atoms with Crippen LogP contribution in [0.4, 0.5) is 37.3 Å². The summed E-state index contributed by atoms with van der Waals surface area (Å²) in [5.41, 5.74) is 2.00. The number of thioether (sulfide) groups is 1. The van der Waals surface area contributed by atoms with Crippen molar-refractivity contribution in [3.8, 4) is 0 Å². The Morgan fingerprint density at radius 1 is 0.886 bits per heavy atom. The summed E-state index contributed by atoms with van der Waals surface area (Å²) in [5.74, 6) is 0.0607. The number of aromatic amines is 1. The molecule has 10 heteroatoms. The van der Waals surface area contributed by atoms with Crippen LogP contribution in [0, 0.1) is 17.0 Å². The van der Waals surface area contributed by atoms with Crippen molar-refractivity contribution in [3.63, 3.8) is 0 Å². The highest BCUT2D eigenvalue weighted by molar-refractivity contribution is 8.13. The van der Waals surface area contributed by atoms with Gasteiger partial charge < -0.3 is 15.6 Å². The molecule has 0 unspecified atom stereocenters. The van der Waals surface area contributed by atoms with Crippen LogP contribution < -0.4 is 16.2 Å². The van der Waals surface area contributed by atoms with Crippen LogP contribution in [0.15, 0.2) is 100.0 Å². The Morgan fingerprint density at radius 3 is 2.11 bits per heavy atom. The molecule has 0 bridgehead atoms. The zero-order valence-electron chi connectivity index (χ0n) is 18.3. The van der Waals surface area contributed by atoms with Crippen molar-refractivity contribution in [2.45, 2.75) is 5.75 Å². The first-order chi connectivity index (χ1) is 17.0. The Bertz CT molecular complexity index is 1390. The molecule has 176 valence electrons. The number of azo groups is 1. The molecule has 4 rings (SSSR count). The predicted octanol–water partition coefficient (Wildman–Crippen LogP) is 7.09. The van der Waals surface area contributed by atoms with Gasteiger partial charge in [0, 0.05) is 17.1 Å².